The first kappa shape index (κ1) is 13.7. The minimum atomic E-state index is 0.835. The molecule has 4 heteroatoms. The molecule has 3 nitrogen and oxygen atoms in total. The molecular weight excluding hydrogens is 246 g/mol. The van der Waals surface area contributed by atoms with Gasteiger partial charge in [0.1, 0.15) is 0 Å². The van der Waals surface area contributed by atoms with Crippen LogP contribution >= 0.6 is 11.6 Å². The topological polar surface area (TPSA) is 27.3 Å². The van der Waals surface area contributed by atoms with Crippen LogP contribution in [0.15, 0.2) is 18.2 Å². The first-order valence-corrected chi connectivity index (χ1v) is 7.06. The fraction of sp³-hybridized carbons (Fsp3) is 0.571. The lowest BCUT2D eigenvalue weighted by molar-refractivity contribution is 0.240. The third kappa shape index (κ3) is 4.16. The number of anilines is 1. The zero-order valence-electron chi connectivity index (χ0n) is 11.0. The molecule has 0 spiro atoms. The third-order valence-corrected chi connectivity index (χ3v) is 3.77. The molecule has 100 valence electrons. The average Bonchev–Trinajstić information content (AvgIpc) is 2.40. The summed E-state index contributed by atoms with van der Waals surface area (Å²) in [5.74, 6) is 0. The molecule has 0 radical (unpaired) electrons. The predicted octanol–water partition coefficient (Wildman–Crippen LogP) is 2.36. The van der Waals surface area contributed by atoms with E-state index in [0.29, 0.717) is 0 Å². The highest BCUT2D eigenvalue weighted by molar-refractivity contribution is 6.31. The van der Waals surface area contributed by atoms with Crippen LogP contribution < -0.4 is 10.6 Å². The maximum absolute atomic E-state index is 6.09. The van der Waals surface area contributed by atoms with E-state index < -0.39 is 0 Å². The van der Waals surface area contributed by atoms with Crippen LogP contribution in [0.3, 0.4) is 0 Å². The highest BCUT2D eigenvalue weighted by Crippen LogP contribution is 2.19. The van der Waals surface area contributed by atoms with Gasteiger partial charge in [0.15, 0.2) is 0 Å². The van der Waals surface area contributed by atoms with Gasteiger partial charge in [-0.3, -0.25) is 0 Å². The molecule has 0 aromatic heterocycles. The first-order chi connectivity index (χ1) is 8.75. The number of piperazine rings is 1. The van der Waals surface area contributed by atoms with Crippen molar-refractivity contribution in [2.45, 2.75) is 13.3 Å². The molecule has 2 N–H and O–H groups in total. The van der Waals surface area contributed by atoms with Crippen molar-refractivity contribution in [2.24, 2.45) is 0 Å². The molecule has 0 atom stereocenters. The van der Waals surface area contributed by atoms with Crippen LogP contribution in [-0.4, -0.2) is 44.2 Å². The van der Waals surface area contributed by atoms with Crippen LogP contribution in [0.2, 0.25) is 5.02 Å². The Kier molecular flexibility index (Phi) is 5.29. The maximum atomic E-state index is 6.09. The smallest absolute Gasteiger partial charge is 0.0455 e. The van der Waals surface area contributed by atoms with Crippen LogP contribution in [-0.2, 0) is 0 Å². The lowest BCUT2D eigenvalue weighted by Gasteiger charge is -2.27. The lowest BCUT2D eigenvalue weighted by Crippen LogP contribution is -2.44. The standard InChI is InChI=1S/C14H22ClN3/c1-12-3-4-13(11-14(12)15)17-5-2-8-18-9-6-16-7-10-18/h3-4,11,16-17H,2,5-10H2,1H3. The molecular formula is C14H22ClN3. The van der Waals surface area contributed by atoms with Crippen molar-refractivity contribution in [2.75, 3.05) is 44.6 Å². The predicted molar refractivity (Wildman–Crippen MR) is 78.6 cm³/mol. The summed E-state index contributed by atoms with van der Waals surface area (Å²) in [4.78, 5) is 2.51. The van der Waals surface area contributed by atoms with Gasteiger partial charge in [-0.2, -0.15) is 0 Å². The number of nitrogens with zero attached hydrogens (tertiary/aromatic N) is 1. The Morgan fingerprint density at radius 1 is 1.33 bits per heavy atom. The summed E-state index contributed by atoms with van der Waals surface area (Å²) in [5, 5.41) is 7.63. The Balaban J connectivity index is 1.66. The summed E-state index contributed by atoms with van der Waals surface area (Å²) < 4.78 is 0. The van der Waals surface area contributed by atoms with Gasteiger partial charge in [0.2, 0.25) is 0 Å². The number of benzene rings is 1. The Labute approximate surface area is 115 Å². The second kappa shape index (κ2) is 6.98. The fourth-order valence-corrected chi connectivity index (χ4v) is 2.35. The average molecular weight is 268 g/mol. The van der Waals surface area contributed by atoms with Gasteiger partial charge in [-0.25, -0.2) is 0 Å². The number of nitrogens with one attached hydrogen (secondary N) is 2. The van der Waals surface area contributed by atoms with E-state index in [1.165, 1.54) is 26.1 Å². The Morgan fingerprint density at radius 3 is 2.83 bits per heavy atom. The van der Waals surface area contributed by atoms with E-state index in [-0.39, 0.29) is 0 Å². The zero-order chi connectivity index (χ0) is 12.8. The SMILES string of the molecule is Cc1ccc(NCCCN2CCNCC2)cc1Cl. The minimum absolute atomic E-state index is 0.835. The molecule has 18 heavy (non-hydrogen) atoms. The minimum Gasteiger partial charge on any atom is -0.385 e. The summed E-state index contributed by atoms with van der Waals surface area (Å²) in [6.07, 6.45) is 1.17. The fourth-order valence-electron chi connectivity index (χ4n) is 2.17. The molecule has 0 aliphatic carbocycles. The molecule has 1 aromatic carbocycles. The van der Waals surface area contributed by atoms with E-state index in [2.05, 4.69) is 27.7 Å². The Morgan fingerprint density at radius 2 is 2.11 bits per heavy atom. The van der Waals surface area contributed by atoms with Gasteiger partial charge in [-0.15, -0.1) is 0 Å². The van der Waals surface area contributed by atoms with E-state index in [1.54, 1.807) is 0 Å². The van der Waals surface area contributed by atoms with E-state index in [1.807, 2.05) is 13.0 Å². The summed E-state index contributed by atoms with van der Waals surface area (Å²) >= 11 is 6.09. The first-order valence-electron chi connectivity index (χ1n) is 6.69. The van der Waals surface area contributed by atoms with Crippen molar-refractivity contribution in [3.8, 4) is 0 Å². The molecule has 2 rings (SSSR count). The normalized spacial score (nSPS) is 16.8. The maximum Gasteiger partial charge on any atom is 0.0455 e. The molecule has 0 saturated carbocycles. The molecule has 0 bridgehead atoms. The lowest BCUT2D eigenvalue weighted by atomic mass is 10.2. The van der Waals surface area contributed by atoms with Gasteiger partial charge >= 0.3 is 0 Å². The molecule has 1 aliphatic heterocycles. The summed E-state index contributed by atoms with van der Waals surface area (Å²) in [6, 6.07) is 6.15. The molecule has 1 heterocycles. The van der Waals surface area contributed by atoms with Crippen molar-refractivity contribution in [3.05, 3.63) is 28.8 Å². The van der Waals surface area contributed by atoms with Crippen molar-refractivity contribution in [3.63, 3.8) is 0 Å². The number of hydrogen-bond donors (Lipinski definition) is 2. The van der Waals surface area contributed by atoms with Crippen molar-refractivity contribution < 1.29 is 0 Å². The van der Waals surface area contributed by atoms with Gasteiger partial charge in [-0.05, 0) is 37.6 Å². The van der Waals surface area contributed by atoms with Crippen molar-refractivity contribution in [1.29, 1.82) is 0 Å². The summed E-state index contributed by atoms with van der Waals surface area (Å²) in [7, 11) is 0. The Hall–Kier alpha value is -0.770. The second-order valence-electron chi connectivity index (χ2n) is 4.84. The van der Waals surface area contributed by atoms with E-state index in [0.717, 1.165) is 35.9 Å². The number of rotatable bonds is 5. The second-order valence-corrected chi connectivity index (χ2v) is 5.24. The highest BCUT2D eigenvalue weighted by atomic mass is 35.5. The van der Waals surface area contributed by atoms with Crippen LogP contribution in [0.25, 0.3) is 0 Å². The molecule has 1 saturated heterocycles. The largest absolute Gasteiger partial charge is 0.385 e. The zero-order valence-corrected chi connectivity index (χ0v) is 11.8. The van der Waals surface area contributed by atoms with Gasteiger partial charge in [0, 0.05) is 43.4 Å². The monoisotopic (exact) mass is 267 g/mol. The van der Waals surface area contributed by atoms with Gasteiger partial charge in [-0.1, -0.05) is 17.7 Å². The van der Waals surface area contributed by atoms with Gasteiger partial charge in [0.05, 0.1) is 0 Å². The number of halogens is 1. The molecule has 0 amide bonds. The third-order valence-electron chi connectivity index (χ3n) is 3.36. The van der Waals surface area contributed by atoms with Crippen LogP contribution in [0, 0.1) is 6.92 Å². The molecule has 0 unspecified atom stereocenters. The van der Waals surface area contributed by atoms with Crippen LogP contribution in [0.5, 0.6) is 0 Å². The Bertz CT molecular complexity index is 375. The van der Waals surface area contributed by atoms with Crippen LogP contribution in [0.1, 0.15) is 12.0 Å². The number of hydrogen-bond acceptors (Lipinski definition) is 3. The summed E-state index contributed by atoms with van der Waals surface area (Å²) in [6.45, 7) is 8.81. The summed E-state index contributed by atoms with van der Waals surface area (Å²) in [5.41, 5.74) is 2.24. The quantitative estimate of drug-likeness (QED) is 0.802. The van der Waals surface area contributed by atoms with Crippen molar-refractivity contribution >= 4 is 17.3 Å². The molecule has 1 aliphatic rings. The number of aryl methyl sites for hydroxylation is 1. The van der Waals surface area contributed by atoms with E-state index in [9.17, 15) is 0 Å². The van der Waals surface area contributed by atoms with Gasteiger partial charge < -0.3 is 15.5 Å². The molecule has 1 aromatic rings. The highest BCUT2D eigenvalue weighted by Gasteiger charge is 2.08. The van der Waals surface area contributed by atoms with E-state index in [4.69, 9.17) is 11.6 Å². The van der Waals surface area contributed by atoms with Gasteiger partial charge in [0.25, 0.3) is 0 Å². The van der Waals surface area contributed by atoms with Crippen molar-refractivity contribution in [1.82, 2.24) is 10.2 Å². The molecule has 1 fully saturated rings. The van der Waals surface area contributed by atoms with Crippen LogP contribution in [0.4, 0.5) is 5.69 Å². The van der Waals surface area contributed by atoms with E-state index >= 15 is 0 Å².